The first-order valence-corrected chi connectivity index (χ1v) is 6.62. The minimum atomic E-state index is 0.457. The van der Waals surface area contributed by atoms with Crippen LogP contribution in [0.4, 0.5) is 11.6 Å². The van der Waals surface area contributed by atoms with E-state index in [9.17, 15) is 0 Å². The maximum atomic E-state index is 5.52. The monoisotopic (exact) mass is 251 g/mol. The molecule has 1 unspecified atom stereocenters. The zero-order valence-corrected chi connectivity index (χ0v) is 12.1. The predicted octanol–water partition coefficient (Wildman–Crippen LogP) is 2.26. The van der Waals surface area contributed by atoms with Crippen LogP contribution in [-0.2, 0) is 6.42 Å². The van der Waals surface area contributed by atoms with E-state index in [4.69, 9.17) is 5.84 Å². The molecule has 0 aliphatic heterocycles. The first-order chi connectivity index (χ1) is 8.54. The van der Waals surface area contributed by atoms with Crippen LogP contribution in [0.3, 0.4) is 0 Å². The van der Waals surface area contributed by atoms with Crippen LogP contribution in [0.25, 0.3) is 0 Å². The largest absolute Gasteiger partial charge is 0.357 e. The van der Waals surface area contributed by atoms with Crippen LogP contribution >= 0.6 is 0 Å². The number of nitrogens with zero attached hydrogens (tertiary/aromatic N) is 3. The highest BCUT2D eigenvalue weighted by molar-refractivity contribution is 5.58. The molecule has 0 radical (unpaired) electrons. The second kappa shape index (κ2) is 6.54. The summed E-state index contributed by atoms with van der Waals surface area (Å²) in [6.45, 7) is 8.46. The number of anilines is 2. The maximum Gasteiger partial charge on any atom is 0.148 e. The van der Waals surface area contributed by atoms with Gasteiger partial charge in [0.05, 0.1) is 0 Å². The summed E-state index contributed by atoms with van der Waals surface area (Å²) in [6.07, 6.45) is 3.11. The van der Waals surface area contributed by atoms with Crippen LogP contribution in [0.15, 0.2) is 0 Å². The van der Waals surface area contributed by atoms with E-state index in [0.717, 1.165) is 36.5 Å². The molecule has 0 fully saturated rings. The minimum Gasteiger partial charge on any atom is -0.357 e. The average molecular weight is 251 g/mol. The van der Waals surface area contributed by atoms with Gasteiger partial charge in [-0.3, -0.25) is 0 Å². The van der Waals surface area contributed by atoms with Crippen LogP contribution in [0.2, 0.25) is 0 Å². The summed E-state index contributed by atoms with van der Waals surface area (Å²) in [5.74, 6) is 8.02. The Morgan fingerprint density at radius 3 is 2.50 bits per heavy atom. The Bertz CT molecular complexity index is 391. The standard InChI is InChI=1S/C13H25N5/c1-6-8-9(3)18(5)13-10(4)12(17-14)15-11(7-2)16-13/h9H,6-8,14H2,1-5H3,(H,15,16,17). The highest BCUT2D eigenvalue weighted by Crippen LogP contribution is 2.24. The van der Waals surface area contributed by atoms with E-state index in [0.29, 0.717) is 11.9 Å². The third-order valence-electron chi connectivity index (χ3n) is 3.32. The van der Waals surface area contributed by atoms with Crippen molar-refractivity contribution in [2.75, 3.05) is 17.4 Å². The summed E-state index contributed by atoms with van der Waals surface area (Å²) >= 11 is 0. The van der Waals surface area contributed by atoms with Gasteiger partial charge in [0, 0.05) is 25.1 Å². The molecular formula is C13H25N5. The van der Waals surface area contributed by atoms with Crippen molar-refractivity contribution in [3.8, 4) is 0 Å². The fraction of sp³-hybridized carbons (Fsp3) is 0.692. The van der Waals surface area contributed by atoms with Crippen molar-refractivity contribution >= 4 is 11.6 Å². The average Bonchev–Trinajstić information content (AvgIpc) is 2.38. The van der Waals surface area contributed by atoms with E-state index >= 15 is 0 Å². The molecule has 0 saturated heterocycles. The van der Waals surface area contributed by atoms with Gasteiger partial charge < -0.3 is 10.3 Å². The summed E-state index contributed by atoms with van der Waals surface area (Å²) in [5, 5.41) is 0. The minimum absolute atomic E-state index is 0.457. The van der Waals surface area contributed by atoms with Crippen LogP contribution < -0.4 is 16.2 Å². The number of aryl methyl sites for hydroxylation is 1. The molecule has 102 valence electrons. The van der Waals surface area contributed by atoms with Gasteiger partial charge in [0.1, 0.15) is 17.5 Å². The lowest BCUT2D eigenvalue weighted by atomic mass is 10.1. The summed E-state index contributed by atoms with van der Waals surface area (Å²) in [5.41, 5.74) is 3.66. The molecule has 1 atom stereocenters. The normalized spacial score (nSPS) is 12.3. The number of aromatic nitrogens is 2. The van der Waals surface area contributed by atoms with Crippen molar-refractivity contribution in [1.82, 2.24) is 9.97 Å². The van der Waals surface area contributed by atoms with Crippen molar-refractivity contribution in [3.63, 3.8) is 0 Å². The Hall–Kier alpha value is -1.36. The molecule has 0 aliphatic carbocycles. The summed E-state index contributed by atoms with van der Waals surface area (Å²) in [6, 6.07) is 0.457. The van der Waals surface area contributed by atoms with E-state index in [1.54, 1.807) is 0 Å². The van der Waals surface area contributed by atoms with Gasteiger partial charge in [0.2, 0.25) is 0 Å². The first-order valence-electron chi connectivity index (χ1n) is 6.62. The topological polar surface area (TPSA) is 67.1 Å². The van der Waals surface area contributed by atoms with E-state index in [1.165, 1.54) is 0 Å². The van der Waals surface area contributed by atoms with Crippen LogP contribution in [0, 0.1) is 6.92 Å². The van der Waals surface area contributed by atoms with Crippen LogP contribution in [0.1, 0.15) is 45.0 Å². The Balaban J connectivity index is 3.13. The quantitative estimate of drug-likeness (QED) is 0.599. The molecule has 0 spiro atoms. The second-order valence-corrected chi connectivity index (χ2v) is 4.68. The van der Waals surface area contributed by atoms with Crippen molar-refractivity contribution in [2.24, 2.45) is 5.84 Å². The molecule has 1 aromatic rings. The molecule has 0 amide bonds. The predicted molar refractivity (Wildman–Crippen MR) is 76.7 cm³/mol. The molecular weight excluding hydrogens is 226 g/mol. The van der Waals surface area contributed by atoms with E-state index in [-0.39, 0.29) is 0 Å². The lowest BCUT2D eigenvalue weighted by Gasteiger charge is -2.28. The molecule has 1 aromatic heterocycles. The van der Waals surface area contributed by atoms with Gasteiger partial charge in [-0.1, -0.05) is 20.3 Å². The molecule has 5 heteroatoms. The molecule has 0 bridgehead atoms. The number of hydrogen-bond donors (Lipinski definition) is 2. The van der Waals surface area contributed by atoms with Gasteiger partial charge in [-0.2, -0.15) is 0 Å². The van der Waals surface area contributed by atoms with Gasteiger partial charge in [-0.05, 0) is 20.3 Å². The zero-order chi connectivity index (χ0) is 13.7. The Labute approximate surface area is 110 Å². The highest BCUT2D eigenvalue weighted by atomic mass is 15.3. The van der Waals surface area contributed by atoms with Crippen LogP contribution in [0.5, 0.6) is 0 Å². The number of nitrogens with two attached hydrogens (primary N) is 1. The molecule has 0 aromatic carbocycles. The lowest BCUT2D eigenvalue weighted by molar-refractivity contribution is 0.608. The molecule has 3 N–H and O–H groups in total. The summed E-state index contributed by atoms with van der Waals surface area (Å²) < 4.78 is 0. The van der Waals surface area contributed by atoms with Crippen molar-refractivity contribution in [3.05, 3.63) is 11.4 Å². The Kier molecular flexibility index (Phi) is 5.34. The zero-order valence-electron chi connectivity index (χ0n) is 12.1. The summed E-state index contributed by atoms with van der Waals surface area (Å²) in [4.78, 5) is 11.2. The van der Waals surface area contributed by atoms with Crippen molar-refractivity contribution in [2.45, 2.75) is 53.0 Å². The van der Waals surface area contributed by atoms with E-state index < -0.39 is 0 Å². The third-order valence-corrected chi connectivity index (χ3v) is 3.32. The lowest BCUT2D eigenvalue weighted by Crippen LogP contribution is -2.31. The molecule has 18 heavy (non-hydrogen) atoms. The number of nitrogens with one attached hydrogen (secondary N) is 1. The second-order valence-electron chi connectivity index (χ2n) is 4.68. The van der Waals surface area contributed by atoms with Crippen LogP contribution in [-0.4, -0.2) is 23.1 Å². The summed E-state index contributed by atoms with van der Waals surface area (Å²) in [7, 11) is 2.08. The fourth-order valence-electron chi connectivity index (χ4n) is 2.01. The number of hydrazine groups is 1. The van der Waals surface area contributed by atoms with Gasteiger partial charge in [-0.15, -0.1) is 0 Å². The van der Waals surface area contributed by atoms with Gasteiger partial charge in [0.25, 0.3) is 0 Å². The Morgan fingerprint density at radius 2 is 2.00 bits per heavy atom. The molecule has 0 aliphatic rings. The fourth-order valence-corrected chi connectivity index (χ4v) is 2.01. The number of nitrogen functional groups attached to an aromatic ring is 1. The van der Waals surface area contributed by atoms with Gasteiger partial charge >= 0.3 is 0 Å². The molecule has 1 rings (SSSR count). The molecule has 0 saturated carbocycles. The van der Waals surface area contributed by atoms with E-state index in [2.05, 4.69) is 41.2 Å². The smallest absolute Gasteiger partial charge is 0.148 e. The Morgan fingerprint density at radius 1 is 1.33 bits per heavy atom. The number of rotatable bonds is 6. The van der Waals surface area contributed by atoms with Crippen molar-refractivity contribution in [1.29, 1.82) is 0 Å². The maximum absolute atomic E-state index is 5.52. The molecule has 5 nitrogen and oxygen atoms in total. The van der Waals surface area contributed by atoms with Crippen molar-refractivity contribution < 1.29 is 0 Å². The first kappa shape index (κ1) is 14.7. The highest BCUT2D eigenvalue weighted by Gasteiger charge is 2.16. The SMILES string of the molecule is CCCC(C)N(C)c1nc(CC)nc(NN)c1C. The number of hydrogen-bond acceptors (Lipinski definition) is 5. The third kappa shape index (κ3) is 3.10. The molecule has 1 heterocycles. The van der Waals surface area contributed by atoms with Gasteiger partial charge in [-0.25, -0.2) is 15.8 Å². The van der Waals surface area contributed by atoms with E-state index in [1.807, 2.05) is 13.8 Å². The van der Waals surface area contributed by atoms with Gasteiger partial charge in [0.15, 0.2) is 0 Å².